The number of aryl methyl sites for hydroxylation is 1. The number of Topliss-reactive ketones (excluding diaryl/α,β-unsaturated/α-hetero) is 1. The highest BCUT2D eigenvalue weighted by Gasteiger charge is 2.17. The third-order valence-electron chi connectivity index (χ3n) is 3.21. The molecule has 0 atom stereocenters. The third kappa shape index (κ3) is 1.82. The van der Waals surface area contributed by atoms with Crippen molar-refractivity contribution >= 4 is 17.9 Å². The van der Waals surface area contributed by atoms with Gasteiger partial charge in [0, 0.05) is 12.0 Å². The van der Waals surface area contributed by atoms with Gasteiger partial charge in [0.25, 0.3) is 0 Å². The molecule has 0 bridgehead atoms. The van der Waals surface area contributed by atoms with Gasteiger partial charge in [-0.3, -0.25) is 4.79 Å². The van der Waals surface area contributed by atoms with Crippen LogP contribution in [0.1, 0.15) is 49.0 Å². The summed E-state index contributed by atoms with van der Waals surface area (Å²) in [5.74, 6) is 0.324. The molecule has 1 heteroatoms. The summed E-state index contributed by atoms with van der Waals surface area (Å²) in [7, 11) is 0. The number of hydrogen-bond acceptors (Lipinski definition) is 1. The van der Waals surface area contributed by atoms with Crippen LogP contribution in [0.15, 0.2) is 12.1 Å². The number of rotatable bonds is 1. The van der Waals surface area contributed by atoms with Crippen molar-refractivity contribution in [2.24, 2.45) is 0 Å². The standard InChI is InChI=1S/C15H18O/c1-3-6-13-11(4-2)9-10-12-7-5-8-14(16)15(12)13/h4,6,9-10H,3,5,7-8H2,1-2H3/b11-4-,13-6+. The Morgan fingerprint density at radius 2 is 2.12 bits per heavy atom. The van der Waals surface area contributed by atoms with E-state index in [1.807, 2.05) is 6.92 Å². The fourth-order valence-electron chi connectivity index (χ4n) is 2.46. The van der Waals surface area contributed by atoms with E-state index in [0.717, 1.165) is 30.0 Å². The Morgan fingerprint density at radius 3 is 2.81 bits per heavy atom. The lowest BCUT2D eigenvalue weighted by atomic mass is 9.88. The van der Waals surface area contributed by atoms with Gasteiger partial charge in [-0.15, -0.1) is 0 Å². The van der Waals surface area contributed by atoms with Crippen LogP contribution in [0.2, 0.25) is 0 Å². The van der Waals surface area contributed by atoms with E-state index in [1.54, 1.807) is 0 Å². The van der Waals surface area contributed by atoms with Gasteiger partial charge in [0.2, 0.25) is 0 Å². The molecule has 0 saturated heterocycles. The summed E-state index contributed by atoms with van der Waals surface area (Å²) in [6.45, 7) is 4.15. The van der Waals surface area contributed by atoms with Gasteiger partial charge in [-0.25, -0.2) is 0 Å². The van der Waals surface area contributed by atoms with Crippen molar-refractivity contribution in [2.45, 2.75) is 39.5 Å². The topological polar surface area (TPSA) is 17.1 Å². The fourth-order valence-corrected chi connectivity index (χ4v) is 2.46. The van der Waals surface area contributed by atoms with Crippen LogP contribution in [-0.4, -0.2) is 5.78 Å². The number of fused-ring (bicyclic) bond motifs is 1. The molecule has 1 nitrogen and oxygen atoms in total. The second-order valence-electron chi connectivity index (χ2n) is 4.28. The van der Waals surface area contributed by atoms with Gasteiger partial charge >= 0.3 is 0 Å². The van der Waals surface area contributed by atoms with Crippen LogP contribution in [-0.2, 0) is 6.42 Å². The average molecular weight is 214 g/mol. The van der Waals surface area contributed by atoms with Gasteiger partial charge in [-0.1, -0.05) is 31.2 Å². The number of ketones is 1. The second kappa shape index (κ2) is 4.65. The molecule has 0 amide bonds. The second-order valence-corrected chi connectivity index (χ2v) is 4.28. The molecule has 1 aromatic carbocycles. The molecule has 16 heavy (non-hydrogen) atoms. The lowest BCUT2D eigenvalue weighted by molar-refractivity contribution is 0.0971. The highest BCUT2D eigenvalue weighted by atomic mass is 16.1. The van der Waals surface area contributed by atoms with Crippen molar-refractivity contribution < 1.29 is 4.79 Å². The quantitative estimate of drug-likeness (QED) is 0.700. The predicted molar refractivity (Wildman–Crippen MR) is 67.9 cm³/mol. The monoisotopic (exact) mass is 214 g/mol. The fraction of sp³-hybridized carbons (Fsp3) is 0.400. The van der Waals surface area contributed by atoms with E-state index in [9.17, 15) is 4.79 Å². The Bertz CT molecular complexity index is 523. The molecule has 1 aliphatic carbocycles. The van der Waals surface area contributed by atoms with Crippen molar-refractivity contribution in [3.05, 3.63) is 33.7 Å². The van der Waals surface area contributed by atoms with Crippen molar-refractivity contribution in [2.75, 3.05) is 0 Å². The van der Waals surface area contributed by atoms with Crippen LogP contribution < -0.4 is 10.4 Å². The first-order chi connectivity index (χ1) is 7.77. The van der Waals surface area contributed by atoms with E-state index in [0.29, 0.717) is 12.2 Å². The molecule has 1 aliphatic rings. The minimum absolute atomic E-state index is 0.324. The maximum Gasteiger partial charge on any atom is 0.163 e. The first-order valence-electron chi connectivity index (χ1n) is 6.09. The zero-order chi connectivity index (χ0) is 11.5. The molecular weight excluding hydrogens is 196 g/mol. The largest absolute Gasteiger partial charge is 0.294 e. The molecule has 84 valence electrons. The zero-order valence-electron chi connectivity index (χ0n) is 10.0. The third-order valence-corrected chi connectivity index (χ3v) is 3.21. The van der Waals surface area contributed by atoms with Gasteiger partial charge in [-0.05, 0) is 42.2 Å². The Kier molecular flexibility index (Phi) is 3.23. The summed E-state index contributed by atoms with van der Waals surface area (Å²) in [4.78, 5) is 12.0. The van der Waals surface area contributed by atoms with Crippen LogP contribution in [0.5, 0.6) is 0 Å². The van der Waals surface area contributed by atoms with Gasteiger partial charge in [0.15, 0.2) is 5.78 Å². The highest BCUT2D eigenvalue weighted by molar-refractivity contribution is 5.98. The summed E-state index contributed by atoms with van der Waals surface area (Å²) < 4.78 is 0. The summed E-state index contributed by atoms with van der Waals surface area (Å²) in [5, 5.41) is 2.35. The molecule has 0 aliphatic heterocycles. The van der Waals surface area contributed by atoms with Gasteiger partial charge < -0.3 is 0 Å². The smallest absolute Gasteiger partial charge is 0.163 e. The summed E-state index contributed by atoms with van der Waals surface area (Å²) in [5.41, 5.74) is 2.23. The Morgan fingerprint density at radius 1 is 1.31 bits per heavy atom. The van der Waals surface area contributed by atoms with E-state index in [1.165, 1.54) is 10.8 Å². The SMILES string of the molecule is C/C=c1/ccc2c(/c1=C/CC)C(=O)CCC2. The molecule has 1 aromatic rings. The van der Waals surface area contributed by atoms with E-state index in [-0.39, 0.29) is 0 Å². The summed E-state index contributed by atoms with van der Waals surface area (Å²) in [6.07, 6.45) is 8.01. The lowest BCUT2D eigenvalue weighted by Gasteiger charge is -2.15. The summed E-state index contributed by atoms with van der Waals surface area (Å²) >= 11 is 0. The predicted octanol–water partition coefficient (Wildman–Crippen LogP) is 2.20. The van der Waals surface area contributed by atoms with Crippen molar-refractivity contribution in [1.29, 1.82) is 0 Å². The summed E-state index contributed by atoms with van der Waals surface area (Å²) in [6, 6.07) is 4.26. The first kappa shape index (κ1) is 11.1. The minimum Gasteiger partial charge on any atom is -0.294 e. The van der Waals surface area contributed by atoms with E-state index >= 15 is 0 Å². The van der Waals surface area contributed by atoms with Gasteiger partial charge in [-0.2, -0.15) is 0 Å². The molecule has 0 radical (unpaired) electrons. The van der Waals surface area contributed by atoms with Crippen LogP contribution in [0.3, 0.4) is 0 Å². The molecule has 0 heterocycles. The van der Waals surface area contributed by atoms with E-state index < -0.39 is 0 Å². The minimum atomic E-state index is 0.324. The maximum atomic E-state index is 12.0. The first-order valence-corrected chi connectivity index (χ1v) is 6.09. The number of carbonyl (C=O) groups is 1. The van der Waals surface area contributed by atoms with E-state index in [2.05, 4.69) is 31.2 Å². The number of carbonyl (C=O) groups excluding carboxylic acids is 1. The molecule has 0 saturated carbocycles. The zero-order valence-corrected chi connectivity index (χ0v) is 10.0. The van der Waals surface area contributed by atoms with Crippen LogP contribution >= 0.6 is 0 Å². The van der Waals surface area contributed by atoms with E-state index in [4.69, 9.17) is 0 Å². The average Bonchev–Trinajstić information content (AvgIpc) is 2.30. The lowest BCUT2D eigenvalue weighted by Crippen LogP contribution is -2.33. The molecule has 0 unspecified atom stereocenters. The van der Waals surface area contributed by atoms with Crippen LogP contribution in [0, 0.1) is 0 Å². The normalized spacial score (nSPS) is 17.8. The highest BCUT2D eigenvalue weighted by Crippen LogP contribution is 2.16. The van der Waals surface area contributed by atoms with Gasteiger partial charge in [0.05, 0.1) is 0 Å². The van der Waals surface area contributed by atoms with Crippen LogP contribution in [0.4, 0.5) is 0 Å². The molecule has 2 rings (SSSR count). The molecule has 0 spiro atoms. The van der Waals surface area contributed by atoms with Crippen molar-refractivity contribution in [3.8, 4) is 0 Å². The number of benzene rings is 1. The van der Waals surface area contributed by atoms with Crippen molar-refractivity contribution in [3.63, 3.8) is 0 Å². The molecule has 0 N–H and O–H groups in total. The molecular formula is C15H18O. The Labute approximate surface area is 96.5 Å². The molecule has 0 aromatic heterocycles. The molecule has 0 fully saturated rings. The maximum absolute atomic E-state index is 12.0. The Hall–Kier alpha value is -1.37. The Balaban J connectivity index is 2.82. The van der Waals surface area contributed by atoms with Gasteiger partial charge in [0.1, 0.15) is 0 Å². The van der Waals surface area contributed by atoms with Crippen molar-refractivity contribution in [1.82, 2.24) is 0 Å². The van der Waals surface area contributed by atoms with Crippen LogP contribution in [0.25, 0.3) is 12.2 Å². The number of hydrogen-bond donors (Lipinski definition) is 0.